The molecule has 5 heteroatoms. The summed E-state index contributed by atoms with van der Waals surface area (Å²) in [6, 6.07) is 5.40. The van der Waals surface area contributed by atoms with Crippen molar-refractivity contribution in [3.05, 3.63) is 29.3 Å². The molecule has 0 spiro atoms. The van der Waals surface area contributed by atoms with Crippen LogP contribution in [0.2, 0.25) is 0 Å². The van der Waals surface area contributed by atoms with Crippen LogP contribution in [0.4, 0.5) is 0 Å². The van der Waals surface area contributed by atoms with Crippen molar-refractivity contribution in [2.24, 2.45) is 0 Å². The molecule has 0 radical (unpaired) electrons. The fourth-order valence-electron chi connectivity index (χ4n) is 2.28. The minimum atomic E-state index is -0.498. The van der Waals surface area contributed by atoms with E-state index in [2.05, 4.69) is 0 Å². The molecular weight excluding hydrogens is 270 g/mol. The Labute approximate surface area is 124 Å². The van der Waals surface area contributed by atoms with Crippen molar-refractivity contribution in [3.8, 4) is 5.75 Å². The number of carbonyl (C=O) groups excluding carboxylic acids is 2. The zero-order valence-electron chi connectivity index (χ0n) is 12.9. The van der Waals surface area contributed by atoms with Crippen LogP contribution >= 0.6 is 0 Å². The van der Waals surface area contributed by atoms with Crippen molar-refractivity contribution >= 4 is 11.9 Å². The Balaban J connectivity index is 1.95. The van der Waals surface area contributed by atoms with Crippen LogP contribution in [0.5, 0.6) is 5.75 Å². The van der Waals surface area contributed by atoms with E-state index in [1.165, 1.54) is 0 Å². The summed E-state index contributed by atoms with van der Waals surface area (Å²) in [6.45, 7) is 6.36. The molecule has 0 atom stereocenters. The van der Waals surface area contributed by atoms with Crippen LogP contribution in [-0.4, -0.2) is 36.0 Å². The van der Waals surface area contributed by atoms with Gasteiger partial charge in [0.2, 0.25) is 0 Å². The number of esters is 1. The van der Waals surface area contributed by atoms with Crippen LogP contribution in [0.3, 0.4) is 0 Å². The summed E-state index contributed by atoms with van der Waals surface area (Å²) in [5.74, 6) is 0.399. The summed E-state index contributed by atoms with van der Waals surface area (Å²) in [5, 5.41) is 0. The second-order valence-corrected chi connectivity index (χ2v) is 6.09. The van der Waals surface area contributed by atoms with Gasteiger partial charge in [-0.3, -0.25) is 9.59 Å². The largest absolute Gasteiger partial charge is 0.497 e. The van der Waals surface area contributed by atoms with Gasteiger partial charge in [-0.15, -0.1) is 0 Å². The number of methoxy groups -OCH3 is 1. The van der Waals surface area contributed by atoms with Crippen LogP contribution in [0.25, 0.3) is 0 Å². The first-order chi connectivity index (χ1) is 9.80. The number of rotatable bonds is 4. The maximum atomic E-state index is 12.2. The highest BCUT2D eigenvalue weighted by Gasteiger charge is 2.28. The van der Waals surface area contributed by atoms with Crippen molar-refractivity contribution in [1.29, 1.82) is 0 Å². The first-order valence-electron chi connectivity index (χ1n) is 6.98. The minimum absolute atomic E-state index is 0.0452. The molecule has 1 aromatic carbocycles. The van der Waals surface area contributed by atoms with Crippen LogP contribution in [-0.2, 0) is 16.1 Å². The van der Waals surface area contributed by atoms with E-state index in [4.69, 9.17) is 9.47 Å². The Bertz CT molecular complexity index is 560. The highest BCUT2D eigenvalue weighted by atomic mass is 16.6. The standard InChI is InChI=1S/C16H21NO4/c1-16(2,3)21-14(18)7-8-17-10-11-9-12(20-4)5-6-13(11)15(17)19/h5-6,9H,7-8,10H2,1-4H3. The molecule has 2 rings (SSSR count). The number of fused-ring (bicyclic) bond motifs is 1. The quantitative estimate of drug-likeness (QED) is 0.799. The van der Waals surface area contributed by atoms with Crippen LogP contribution < -0.4 is 4.74 Å². The number of nitrogens with zero attached hydrogens (tertiary/aromatic N) is 1. The highest BCUT2D eigenvalue weighted by Crippen LogP contribution is 2.26. The fraction of sp³-hybridized carbons (Fsp3) is 0.500. The van der Waals surface area contributed by atoms with E-state index >= 15 is 0 Å². The van der Waals surface area contributed by atoms with E-state index in [0.29, 0.717) is 18.7 Å². The van der Waals surface area contributed by atoms with E-state index in [-0.39, 0.29) is 18.3 Å². The summed E-state index contributed by atoms with van der Waals surface area (Å²) in [7, 11) is 1.60. The van der Waals surface area contributed by atoms with Gasteiger partial charge in [-0.05, 0) is 44.5 Å². The maximum Gasteiger partial charge on any atom is 0.308 e. The number of amides is 1. The third-order valence-corrected chi connectivity index (χ3v) is 3.20. The predicted octanol–water partition coefficient (Wildman–Crippen LogP) is 2.38. The Hall–Kier alpha value is -2.04. The third-order valence-electron chi connectivity index (χ3n) is 3.20. The molecule has 1 aliphatic heterocycles. The van der Waals surface area contributed by atoms with Gasteiger partial charge in [0.25, 0.3) is 5.91 Å². The first-order valence-corrected chi connectivity index (χ1v) is 6.98. The van der Waals surface area contributed by atoms with Crippen molar-refractivity contribution in [1.82, 2.24) is 4.90 Å². The van der Waals surface area contributed by atoms with Crippen molar-refractivity contribution < 1.29 is 19.1 Å². The Morgan fingerprint density at radius 2 is 2.05 bits per heavy atom. The molecule has 114 valence electrons. The summed E-state index contributed by atoms with van der Waals surface area (Å²) in [6.07, 6.45) is 0.203. The second kappa shape index (κ2) is 5.76. The van der Waals surface area contributed by atoms with Crippen molar-refractivity contribution in [3.63, 3.8) is 0 Å². The fourth-order valence-corrected chi connectivity index (χ4v) is 2.28. The summed E-state index contributed by atoms with van der Waals surface area (Å²) in [4.78, 5) is 25.6. The normalized spacial score (nSPS) is 14.1. The zero-order valence-corrected chi connectivity index (χ0v) is 12.9. The molecule has 0 aromatic heterocycles. The average molecular weight is 291 g/mol. The lowest BCUT2D eigenvalue weighted by Gasteiger charge is -2.21. The lowest BCUT2D eigenvalue weighted by molar-refractivity contribution is -0.155. The highest BCUT2D eigenvalue weighted by molar-refractivity contribution is 5.98. The van der Waals surface area contributed by atoms with E-state index in [1.54, 1.807) is 24.1 Å². The van der Waals surface area contributed by atoms with E-state index in [9.17, 15) is 9.59 Å². The van der Waals surface area contributed by atoms with E-state index in [1.807, 2.05) is 26.8 Å². The summed E-state index contributed by atoms with van der Waals surface area (Å²) in [5.41, 5.74) is 1.12. The molecule has 0 saturated heterocycles. The van der Waals surface area contributed by atoms with Gasteiger partial charge in [-0.2, -0.15) is 0 Å². The van der Waals surface area contributed by atoms with Gasteiger partial charge >= 0.3 is 5.97 Å². The lowest BCUT2D eigenvalue weighted by Crippen LogP contribution is -2.30. The molecule has 5 nitrogen and oxygen atoms in total. The number of benzene rings is 1. The van der Waals surface area contributed by atoms with Gasteiger partial charge in [0.15, 0.2) is 0 Å². The molecule has 0 bridgehead atoms. The predicted molar refractivity (Wildman–Crippen MR) is 78.2 cm³/mol. The molecule has 0 N–H and O–H groups in total. The van der Waals surface area contributed by atoms with Gasteiger partial charge in [0, 0.05) is 18.7 Å². The van der Waals surface area contributed by atoms with Gasteiger partial charge < -0.3 is 14.4 Å². The Kier molecular flexibility index (Phi) is 4.21. The molecule has 0 aliphatic carbocycles. The van der Waals surface area contributed by atoms with Gasteiger partial charge in [0.05, 0.1) is 13.5 Å². The smallest absolute Gasteiger partial charge is 0.308 e. The van der Waals surface area contributed by atoms with E-state index in [0.717, 1.165) is 11.3 Å². The van der Waals surface area contributed by atoms with Gasteiger partial charge in [-0.25, -0.2) is 0 Å². The van der Waals surface area contributed by atoms with Crippen LogP contribution in [0.15, 0.2) is 18.2 Å². The molecular formula is C16H21NO4. The summed E-state index contributed by atoms with van der Waals surface area (Å²) < 4.78 is 10.4. The monoisotopic (exact) mass is 291 g/mol. The molecule has 21 heavy (non-hydrogen) atoms. The van der Waals surface area contributed by atoms with Gasteiger partial charge in [-0.1, -0.05) is 0 Å². The third kappa shape index (κ3) is 3.74. The number of hydrogen-bond acceptors (Lipinski definition) is 4. The molecule has 0 fully saturated rings. The van der Waals surface area contributed by atoms with Crippen molar-refractivity contribution in [2.45, 2.75) is 39.3 Å². The second-order valence-electron chi connectivity index (χ2n) is 6.09. The molecule has 0 unspecified atom stereocenters. The molecule has 1 amide bonds. The minimum Gasteiger partial charge on any atom is -0.497 e. The molecule has 1 aliphatic rings. The molecule has 1 heterocycles. The Morgan fingerprint density at radius 1 is 1.33 bits per heavy atom. The van der Waals surface area contributed by atoms with E-state index < -0.39 is 5.60 Å². The SMILES string of the molecule is COc1ccc2c(c1)CN(CCC(=O)OC(C)(C)C)C2=O. The lowest BCUT2D eigenvalue weighted by atomic mass is 10.1. The summed E-state index contributed by atoms with van der Waals surface area (Å²) >= 11 is 0. The maximum absolute atomic E-state index is 12.2. The average Bonchev–Trinajstić information content (AvgIpc) is 2.70. The molecule has 1 aromatic rings. The number of ether oxygens (including phenoxy) is 2. The van der Waals surface area contributed by atoms with Crippen molar-refractivity contribution in [2.75, 3.05) is 13.7 Å². The first kappa shape index (κ1) is 15.4. The zero-order chi connectivity index (χ0) is 15.6. The number of carbonyl (C=O) groups is 2. The number of hydrogen-bond donors (Lipinski definition) is 0. The van der Waals surface area contributed by atoms with Crippen LogP contribution in [0.1, 0.15) is 43.1 Å². The Morgan fingerprint density at radius 3 is 2.67 bits per heavy atom. The molecule has 0 saturated carbocycles. The van der Waals surface area contributed by atoms with Gasteiger partial charge in [0.1, 0.15) is 11.4 Å². The topological polar surface area (TPSA) is 55.8 Å². The van der Waals surface area contributed by atoms with Crippen LogP contribution in [0, 0.1) is 0 Å².